The van der Waals surface area contributed by atoms with E-state index in [0.717, 1.165) is 83.1 Å². The van der Waals surface area contributed by atoms with Crippen molar-refractivity contribution in [2.24, 2.45) is 0 Å². The Labute approximate surface area is 333 Å². The maximum Gasteiger partial charge on any atom is 0.416 e. The van der Waals surface area contributed by atoms with Gasteiger partial charge in [-0.15, -0.1) is 0 Å². The molecule has 2 heterocycles. The summed E-state index contributed by atoms with van der Waals surface area (Å²) in [5.41, 5.74) is 11.8. The van der Waals surface area contributed by atoms with Gasteiger partial charge in [-0.3, -0.25) is 0 Å². The van der Waals surface area contributed by atoms with E-state index in [2.05, 4.69) is 102 Å². The zero-order valence-corrected chi connectivity index (χ0v) is 31.6. The molecule has 278 valence electrons. The molecule has 0 amide bonds. The molecule has 0 spiro atoms. The summed E-state index contributed by atoms with van der Waals surface area (Å²) in [5.74, 6) is 0. The highest BCUT2D eigenvalue weighted by Crippen LogP contribution is 2.43. The van der Waals surface area contributed by atoms with E-state index in [4.69, 9.17) is 0 Å². The second-order valence-electron chi connectivity index (χ2n) is 14.9. The van der Waals surface area contributed by atoms with Crippen LogP contribution < -0.4 is 0 Å². The first-order valence-electron chi connectivity index (χ1n) is 19.1. The van der Waals surface area contributed by atoms with Gasteiger partial charge < -0.3 is 9.13 Å². The first kappa shape index (κ1) is 35.1. The predicted octanol–water partition coefficient (Wildman–Crippen LogP) is 14.4. The molecule has 0 atom stereocenters. The quantitative estimate of drug-likeness (QED) is 0.172. The molecule has 0 aliphatic carbocycles. The van der Waals surface area contributed by atoms with Crippen molar-refractivity contribution in [2.45, 2.75) is 20.0 Å². The number of rotatable bonds is 5. The number of halogens is 3. The first-order chi connectivity index (χ1) is 28.2. The molecule has 0 fully saturated rings. The number of nitriles is 1. The summed E-state index contributed by atoms with van der Waals surface area (Å²) in [6.45, 7) is 4.17. The van der Waals surface area contributed by atoms with Crippen molar-refractivity contribution in [1.29, 1.82) is 5.26 Å². The Morgan fingerprint density at radius 3 is 1.45 bits per heavy atom. The molecule has 0 radical (unpaired) electrons. The molecule has 0 saturated carbocycles. The Bertz CT molecular complexity index is 3320. The Morgan fingerprint density at radius 2 is 0.914 bits per heavy atom. The second kappa shape index (κ2) is 13.4. The van der Waals surface area contributed by atoms with E-state index in [1.54, 1.807) is 6.07 Å². The van der Waals surface area contributed by atoms with E-state index >= 15 is 0 Å². The summed E-state index contributed by atoms with van der Waals surface area (Å²) in [4.78, 5) is 0. The Kier molecular flexibility index (Phi) is 8.10. The van der Waals surface area contributed by atoms with Gasteiger partial charge in [0.2, 0.25) is 0 Å². The Hall–Kier alpha value is -7.36. The highest BCUT2D eigenvalue weighted by atomic mass is 19.4. The van der Waals surface area contributed by atoms with Crippen molar-refractivity contribution in [3.8, 4) is 50.8 Å². The minimum Gasteiger partial charge on any atom is -0.309 e. The highest BCUT2D eigenvalue weighted by Gasteiger charge is 2.31. The number of hydrogen-bond acceptors (Lipinski definition) is 1. The molecule has 8 aromatic carbocycles. The van der Waals surface area contributed by atoms with Gasteiger partial charge in [0.15, 0.2) is 0 Å². The number of fused-ring (bicyclic) bond motifs is 6. The van der Waals surface area contributed by atoms with Crippen LogP contribution in [0.3, 0.4) is 0 Å². The molecular formula is C52H34F3N3. The molecule has 0 aliphatic heterocycles. The van der Waals surface area contributed by atoms with Gasteiger partial charge in [-0.05, 0) is 101 Å². The van der Waals surface area contributed by atoms with Gasteiger partial charge in [0, 0.05) is 27.1 Å². The number of nitrogens with zero attached hydrogens (tertiary/aromatic N) is 3. The van der Waals surface area contributed by atoms with Crippen LogP contribution in [-0.4, -0.2) is 9.13 Å². The van der Waals surface area contributed by atoms with Crippen molar-refractivity contribution < 1.29 is 13.2 Å². The molecule has 0 saturated heterocycles. The van der Waals surface area contributed by atoms with Crippen molar-refractivity contribution >= 4 is 43.6 Å². The van der Waals surface area contributed by atoms with Gasteiger partial charge in [0.05, 0.1) is 44.6 Å². The maximum absolute atomic E-state index is 14.4. The number of para-hydroxylation sites is 2. The summed E-state index contributed by atoms with van der Waals surface area (Å²) in [6.07, 6.45) is -4.56. The smallest absolute Gasteiger partial charge is 0.309 e. The lowest BCUT2D eigenvalue weighted by atomic mass is 9.97. The third-order valence-corrected chi connectivity index (χ3v) is 11.5. The SMILES string of the molecule is Cc1ccccc1-c1ccc2c3ccccc3n(-c3cc(-c4cccc(C(F)(F)F)c4)c(-n4c5ccccc5c5ccc(-c6ccccc6C)cc54)cc3C#N)c2c1. The molecule has 0 bridgehead atoms. The van der Waals surface area contributed by atoms with Crippen LogP contribution in [0.5, 0.6) is 0 Å². The van der Waals surface area contributed by atoms with Crippen molar-refractivity contribution in [1.82, 2.24) is 9.13 Å². The molecule has 0 N–H and O–H groups in total. The standard InChI is InChI=1S/C52H34F3N3/c1-32-12-3-5-16-39(32)35-22-24-43-41-18-7-9-20-46(41)57(49(43)27-35)48-30-45(34-14-11-15-38(26-34)52(53,54)55)51(29-37(48)31-56)58-47-21-10-8-19-42(47)44-25-23-36(28-50(44)58)40-17-6-4-13-33(40)2/h3-30H,1-2H3. The average molecular weight is 758 g/mol. The topological polar surface area (TPSA) is 33.6 Å². The van der Waals surface area contributed by atoms with Crippen LogP contribution in [0, 0.1) is 25.2 Å². The van der Waals surface area contributed by atoms with Gasteiger partial charge in [0.1, 0.15) is 6.07 Å². The Morgan fingerprint density at radius 1 is 0.431 bits per heavy atom. The fourth-order valence-corrected chi connectivity index (χ4v) is 8.72. The van der Waals surface area contributed by atoms with Crippen LogP contribution in [0.1, 0.15) is 22.3 Å². The van der Waals surface area contributed by atoms with Gasteiger partial charge in [-0.2, -0.15) is 18.4 Å². The van der Waals surface area contributed by atoms with E-state index in [0.29, 0.717) is 28.1 Å². The zero-order chi connectivity index (χ0) is 39.7. The van der Waals surface area contributed by atoms with Gasteiger partial charge in [-0.1, -0.05) is 121 Å². The molecule has 3 nitrogen and oxygen atoms in total. The molecule has 0 unspecified atom stereocenters. The summed E-state index contributed by atoms with van der Waals surface area (Å²) < 4.78 is 47.5. The minimum absolute atomic E-state index is 0.385. The van der Waals surface area contributed by atoms with E-state index in [1.165, 1.54) is 12.1 Å². The number of hydrogen-bond donors (Lipinski definition) is 0. The molecule has 2 aromatic heterocycles. The summed E-state index contributed by atoms with van der Waals surface area (Å²) in [5, 5.41) is 15.1. The van der Waals surface area contributed by atoms with Crippen LogP contribution in [0.25, 0.3) is 88.4 Å². The monoisotopic (exact) mass is 757 g/mol. The van der Waals surface area contributed by atoms with Crippen LogP contribution in [0.15, 0.2) is 170 Å². The fraction of sp³-hybridized carbons (Fsp3) is 0.0577. The van der Waals surface area contributed by atoms with Crippen molar-refractivity contribution in [3.63, 3.8) is 0 Å². The van der Waals surface area contributed by atoms with Crippen LogP contribution in [0.2, 0.25) is 0 Å². The maximum atomic E-state index is 14.4. The van der Waals surface area contributed by atoms with E-state index in [1.807, 2.05) is 72.8 Å². The molecule has 58 heavy (non-hydrogen) atoms. The number of aryl methyl sites for hydroxylation is 2. The lowest BCUT2D eigenvalue weighted by Gasteiger charge is -2.20. The normalized spacial score (nSPS) is 11.9. The fourth-order valence-electron chi connectivity index (χ4n) is 8.72. The summed E-state index contributed by atoms with van der Waals surface area (Å²) in [6, 6.07) is 57.1. The average Bonchev–Trinajstić information content (AvgIpc) is 3.75. The van der Waals surface area contributed by atoms with E-state index in [9.17, 15) is 18.4 Å². The largest absolute Gasteiger partial charge is 0.416 e. The predicted molar refractivity (Wildman–Crippen MR) is 231 cm³/mol. The van der Waals surface area contributed by atoms with Crippen LogP contribution >= 0.6 is 0 Å². The number of benzene rings is 8. The highest BCUT2D eigenvalue weighted by molar-refractivity contribution is 6.12. The molecular weight excluding hydrogens is 724 g/mol. The zero-order valence-electron chi connectivity index (χ0n) is 31.6. The van der Waals surface area contributed by atoms with E-state index < -0.39 is 11.7 Å². The van der Waals surface area contributed by atoms with Crippen LogP contribution in [0.4, 0.5) is 13.2 Å². The Balaban J connectivity index is 1.32. The van der Waals surface area contributed by atoms with Gasteiger partial charge >= 0.3 is 6.18 Å². The summed E-state index contributed by atoms with van der Waals surface area (Å²) >= 11 is 0. The molecule has 0 aliphatic rings. The summed E-state index contributed by atoms with van der Waals surface area (Å²) in [7, 11) is 0. The number of aromatic nitrogens is 2. The van der Waals surface area contributed by atoms with Crippen molar-refractivity contribution in [3.05, 3.63) is 192 Å². The lowest BCUT2D eigenvalue weighted by molar-refractivity contribution is -0.137. The number of alkyl halides is 3. The lowest BCUT2D eigenvalue weighted by Crippen LogP contribution is -2.06. The van der Waals surface area contributed by atoms with E-state index in [-0.39, 0.29) is 0 Å². The molecule has 10 aromatic rings. The second-order valence-corrected chi connectivity index (χ2v) is 14.9. The third kappa shape index (κ3) is 5.58. The third-order valence-electron chi connectivity index (χ3n) is 11.5. The minimum atomic E-state index is -4.56. The van der Waals surface area contributed by atoms with Gasteiger partial charge in [-0.25, -0.2) is 0 Å². The van der Waals surface area contributed by atoms with Gasteiger partial charge in [0.25, 0.3) is 0 Å². The van der Waals surface area contributed by atoms with Crippen molar-refractivity contribution in [2.75, 3.05) is 0 Å². The molecule has 6 heteroatoms. The van der Waals surface area contributed by atoms with Crippen LogP contribution in [-0.2, 0) is 6.18 Å². The first-order valence-corrected chi connectivity index (χ1v) is 19.1. The molecule has 10 rings (SSSR count).